The van der Waals surface area contributed by atoms with Crippen LogP contribution in [0, 0.1) is 23.7 Å². The summed E-state index contributed by atoms with van der Waals surface area (Å²) in [6, 6.07) is 11.8. The van der Waals surface area contributed by atoms with Crippen LogP contribution < -0.4 is 0 Å². The van der Waals surface area contributed by atoms with E-state index in [2.05, 4.69) is 31.9 Å². The first-order valence-electron chi connectivity index (χ1n) is 11.7. The molecule has 3 aliphatic rings. The highest BCUT2D eigenvalue weighted by Gasteiger charge is 2.68. The number of halogens is 4. The molecule has 36 heavy (non-hydrogen) atoms. The van der Waals surface area contributed by atoms with Gasteiger partial charge in [0.05, 0.1) is 22.4 Å². The molecule has 2 bridgehead atoms. The van der Waals surface area contributed by atoms with E-state index in [4.69, 9.17) is 23.2 Å². The van der Waals surface area contributed by atoms with Crippen LogP contribution in [0.2, 0.25) is 10.0 Å². The van der Waals surface area contributed by atoms with Crippen molar-refractivity contribution in [3.63, 3.8) is 0 Å². The van der Waals surface area contributed by atoms with Crippen LogP contribution in [0.4, 0.5) is 0 Å². The van der Waals surface area contributed by atoms with Gasteiger partial charge in [0, 0.05) is 20.2 Å². The van der Waals surface area contributed by atoms with Crippen molar-refractivity contribution in [2.75, 3.05) is 0 Å². The van der Waals surface area contributed by atoms with Crippen molar-refractivity contribution >= 4 is 78.6 Å². The van der Waals surface area contributed by atoms with Gasteiger partial charge in [-0.1, -0.05) is 92.3 Å². The molecule has 0 N–H and O–H groups in total. The topological polar surface area (TPSA) is 74.8 Å². The molecule has 0 aromatic heterocycles. The summed E-state index contributed by atoms with van der Waals surface area (Å²) in [5.41, 5.74) is 0.433. The molecule has 2 aliphatic carbocycles. The first kappa shape index (κ1) is 25.9. The number of hydrogen-bond donors (Lipinski definition) is 0. The van der Waals surface area contributed by atoms with Crippen LogP contribution in [0.1, 0.15) is 40.5 Å². The second-order valence-electron chi connectivity index (χ2n) is 9.42. The molecular weight excluding hydrogens is 635 g/mol. The number of ketones is 1. The van der Waals surface area contributed by atoms with E-state index >= 15 is 0 Å². The van der Waals surface area contributed by atoms with Crippen LogP contribution in [-0.2, 0) is 9.59 Å². The van der Waals surface area contributed by atoms with E-state index in [1.807, 2.05) is 0 Å². The Labute approximate surface area is 235 Å². The molecule has 5 rings (SSSR count). The molecule has 2 aromatic rings. The minimum atomic E-state index is -1.09. The number of hydrazine groups is 1. The minimum absolute atomic E-state index is 0.0354. The Morgan fingerprint density at radius 1 is 1.00 bits per heavy atom. The molecule has 6 nitrogen and oxygen atoms in total. The van der Waals surface area contributed by atoms with Gasteiger partial charge in [-0.05, 0) is 42.9 Å². The lowest BCUT2D eigenvalue weighted by atomic mass is 9.81. The molecule has 7 atom stereocenters. The van der Waals surface area contributed by atoms with Gasteiger partial charge in [0.15, 0.2) is 5.78 Å². The average Bonchev–Trinajstić information content (AvgIpc) is 3.47. The van der Waals surface area contributed by atoms with E-state index in [-0.39, 0.29) is 44.3 Å². The Morgan fingerprint density at radius 3 is 2.11 bits per heavy atom. The zero-order valence-corrected chi connectivity index (χ0v) is 23.8. The standard InChI is InChI=1S/C26H22Br2Cl2N2O4/c1-2-18(23(33)12-6-4-3-5-7-12)31(24(34)14-9-8-13(29)10-17(14)30)32-25(35)19-15-11-16(20(19)26(32)36)22(28)21(15)27/h3-10,15-16,18-22H,2,11H2,1H3/t15-,16-,18-,19-,20-,21+,22+/m1/s1. The second-order valence-corrected chi connectivity index (χ2v) is 12.4. The number of fused-ring (bicyclic) bond motifs is 5. The lowest BCUT2D eigenvalue weighted by Crippen LogP contribution is -2.57. The van der Waals surface area contributed by atoms with Crippen molar-refractivity contribution in [2.45, 2.75) is 35.5 Å². The van der Waals surface area contributed by atoms with Crippen molar-refractivity contribution in [1.29, 1.82) is 0 Å². The summed E-state index contributed by atoms with van der Waals surface area (Å²) in [5, 5.41) is 2.38. The van der Waals surface area contributed by atoms with Gasteiger partial charge >= 0.3 is 0 Å². The van der Waals surface area contributed by atoms with Gasteiger partial charge in [-0.25, -0.2) is 5.01 Å². The molecule has 2 saturated carbocycles. The zero-order chi connectivity index (χ0) is 25.9. The number of carbonyl (C=O) groups is 4. The summed E-state index contributed by atoms with van der Waals surface area (Å²) in [7, 11) is 0. The van der Waals surface area contributed by atoms with Crippen LogP contribution in [0.5, 0.6) is 0 Å². The SMILES string of the molecule is CC[C@H](C(=O)c1ccccc1)N(C(=O)c1ccc(Cl)cc1Cl)N1C(=O)[C@@H]2[C@H]3C[C@@H]([C@H](Br)[C@H]3Br)[C@H]2C1=O. The van der Waals surface area contributed by atoms with E-state index in [0.29, 0.717) is 10.6 Å². The second kappa shape index (κ2) is 9.86. The van der Waals surface area contributed by atoms with Gasteiger partial charge in [0.2, 0.25) is 0 Å². The third-order valence-corrected chi connectivity index (χ3v) is 11.3. The van der Waals surface area contributed by atoms with Crippen LogP contribution in [0.25, 0.3) is 0 Å². The fourth-order valence-corrected chi connectivity index (χ4v) is 8.33. The number of hydrogen-bond acceptors (Lipinski definition) is 4. The molecule has 1 saturated heterocycles. The molecule has 0 spiro atoms. The molecule has 2 aromatic carbocycles. The Bertz CT molecular complexity index is 1230. The van der Waals surface area contributed by atoms with E-state index in [0.717, 1.165) is 16.4 Å². The number of alkyl halides is 2. The van der Waals surface area contributed by atoms with Crippen molar-refractivity contribution in [1.82, 2.24) is 10.0 Å². The maximum absolute atomic E-state index is 14.0. The van der Waals surface area contributed by atoms with E-state index in [1.54, 1.807) is 37.3 Å². The Balaban J connectivity index is 1.60. The van der Waals surface area contributed by atoms with Gasteiger partial charge in [-0.3, -0.25) is 19.2 Å². The first-order chi connectivity index (χ1) is 17.2. The smallest absolute Gasteiger partial charge is 0.275 e. The molecule has 10 heteroatoms. The first-order valence-corrected chi connectivity index (χ1v) is 14.3. The van der Waals surface area contributed by atoms with Gasteiger partial charge in [-0.2, -0.15) is 5.01 Å². The summed E-state index contributed by atoms with van der Waals surface area (Å²) in [4.78, 5) is 55.4. The Kier molecular flexibility index (Phi) is 7.09. The number of carbonyl (C=O) groups excluding carboxylic acids is 4. The minimum Gasteiger partial charge on any atom is -0.292 e. The fraction of sp³-hybridized carbons (Fsp3) is 0.385. The maximum Gasteiger partial charge on any atom is 0.275 e. The molecule has 3 amide bonds. The normalized spacial score (nSPS) is 29.4. The van der Waals surface area contributed by atoms with Gasteiger partial charge < -0.3 is 0 Å². The molecule has 0 unspecified atom stereocenters. The van der Waals surface area contributed by atoms with Crippen molar-refractivity contribution < 1.29 is 19.2 Å². The maximum atomic E-state index is 14.0. The van der Waals surface area contributed by atoms with Gasteiger partial charge in [-0.15, -0.1) is 0 Å². The summed E-state index contributed by atoms with van der Waals surface area (Å²) >= 11 is 19.8. The predicted octanol–water partition coefficient (Wildman–Crippen LogP) is 5.79. The van der Waals surface area contributed by atoms with Crippen molar-refractivity contribution in [2.24, 2.45) is 23.7 Å². The van der Waals surface area contributed by atoms with E-state index in [9.17, 15) is 19.2 Å². The number of Topliss-reactive ketones (excluding diaryl/α,β-unsaturated/α-hetero) is 1. The van der Waals surface area contributed by atoms with Crippen LogP contribution in [0.15, 0.2) is 48.5 Å². The third-order valence-electron chi connectivity index (χ3n) is 7.59. The fourth-order valence-electron chi connectivity index (χ4n) is 5.97. The number of benzene rings is 2. The number of rotatable bonds is 6. The number of imide groups is 1. The summed E-state index contributed by atoms with van der Waals surface area (Å²) in [5.74, 6) is -3.11. The van der Waals surface area contributed by atoms with Crippen LogP contribution in [-0.4, -0.2) is 49.2 Å². The van der Waals surface area contributed by atoms with Gasteiger partial charge in [0.1, 0.15) is 6.04 Å². The molecular formula is C26H22Br2Cl2N2O4. The highest BCUT2D eigenvalue weighted by Crippen LogP contribution is 2.60. The zero-order valence-electron chi connectivity index (χ0n) is 19.1. The molecule has 1 aliphatic heterocycles. The van der Waals surface area contributed by atoms with E-state index in [1.165, 1.54) is 18.2 Å². The number of nitrogens with zero attached hydrogens (tertiary/aromatic N) is 2. The highest BCUT2D eigenvalue weighted by molar-refractivity contribution is 9.12. The van der Waals surface area contributed by atoms with Crippen molar-refractivity contribution in [3.8, 4) is 0 Å². The quantitative estimate of drug-likeness (QED) is 0.224. The monoisotopic (exact) mass is 654 g/mol. The molecule has 1 heterocycles. The predicted molar refractivity (Wildman–Crippen MR) is 143 cm³/mol. The highest BCUT2D eigenvalue weighted by atomic mass is 79.9. The summed E-state index contributed by atoms with van der Waals surface area (Å²) in [6.07, 6.45) is 0.940. The lowest BCUT2D eigenvalue weighted by Gasteiger charge is -2.36. The van der Waals surface area contributed by atoms with Crippen LogP contribution >= 0.6 is 55.1 Å². The van der Waals surface area contributed by atoms with Gasteiger partial charge in [0.25, 0.3) is 17.7 Å². The summed E-state index contributed by atoms with van der Waals surface area (Å²) < 4.78 is 0. The van der Waals surface area contributed by atoms with E-state index < -0.39 is 35.6 Å². The summed E-state index contributed by atoms with van der Waals surface area (Å²) in [6.45, 7) is 1.74. The Hall–Kier alpha value is -1.74. The molecule has 188 valence electrons. The third kappa shape index (κ3) is 3.96. The molecule has 0 radical (unpaired) electrons. The van der Waals surface area contributed by atoms with Crippen LogP contribution in [0.3, 0.4) is 0 Å². The molecule has 3 fully saturated rings. The largest absolute Gasteiger partial charge is 0.292 e. The number of amides is 3. The van der Waals surface area contributed by atoms with Crippen molar-refractivity contribution in [3.05, 3.63) is 69.7 Å². The lowest BCUT2D eigenvalue weighted by molar-refractivity contribution is -0.157. The Morgan fingerprint density at radius 2 is 1.58 bits per heavy atom. The average molecular weight is 657 g/mol.